The average molecular weight is 468 g/mol. The van der Waals surface area contributed by atoms with Gasteiger partial charge in [-0.25, -0.2) is 5.43 Å². The fourth-order valence-corrected chi connectivity index (χ4v) is 3.43. The first-order valence-corrected chi connectivity index (χ1v) is 11.0. The molecule has 0 atom stereocenters. The maximum Gasteiger partial charge on any atom is 0.271 e. The van der Waals surface area contributed by atoms with Crippen molar-refractivity contribution in [2.24, 2.45) is 5.10 Å². The number of anilines is 1. The van der Waals surface area contributed by atoms with Gasteiger partial charge in [-0.1, -0.05) is 66.2 Å². The number of nitrogens with one attached hydrogen (secondary N) is 2. The molecule has 0 unspecified atom stereocenters. The molecule has 0 saturated heterocycles. The Morgan fingerprint density at radius 1 is 0.647 bits per heavy atom. The van der Waals surface area contributed by atoms with Gasteiger partial charge in [-0.3, -0.25) is 9.59 Å². The molecule has 5 nitrogen and oxygen atoms in total. The van der Waals surface area contributed by atoms with E-state index in [0.29, 0.717) is 27.5 Å². The van der Waals surface area contributed by atoms with E-state index >= 15 is 0 Å². The third-order valence-electron chi connectivity index (χ3n) is 5.25. The third kappa shape index (κ3) is 5.77. The summed E-state index contributed by atoms with van der Waals surface area (Å²) in [4.78, 5) is 24.8. The first-order chi connectivity index (χ1) is 16.5. The second-order valence-electron chi connectivity index (χ2n) is 7.62. The Hall–Kier alpha value is -4.22. The number of carbonyl (C=O) groups is 2. The maximum atomic E-state index is 12.5. The Morgan fingerprint density at radius 3 is 1.82 bits per heavy atom. The fourth-order valence-electron chi connectivity index (χ4n) is 3.31. The van der Waals surface area contributed by atoms with Crippen molar-refractivity contribution in [3.8, 4) is 11.1 Å². The predicted molar refractivity (Wildman–Crippen MR) is 137 cm³/mol. The summed E-state index contributed by atoms with van der Waals surface area (Å²) in [5.41, 5.74) is 7.90. The third-order valence-corrected chi connectivity index (χ3v) is 5.50. The molecular weight excluding hydrogens is 446 g/mol. The second-order valence-corrected chi connectivity index (χ2v) is 8.06. The van der Waals surface area contributed by atoms with Gasteiger partial charge in [-0.2, -0.15) is 5.10 Å². The lowest BCUT2D eigenvalue weighted by atomic mass is 10.0. The van der Waals surface area contributed by atoms with Crippen LogP contribution in [0.3, 0.4) is 0 Å². The minimum absolute atomic E-state index is 0.222. The summed E-state index contributed by atoms with van der Waals surface area (Å²) in [5.74, 6) is -0.508. The van der Waals surface area contributed by atoms with Gasteiger partial charge in [-0.05, 0) is 72.1 Å². The molecule has 0 heterocycles. The standard InChI is InChI=1S/C28H22ClN3O2/c1-19(20-13-17-26(18-14-20)30-27(33)23-11-15-25(29)16-12-23)31-32-28(34)24-9-7-22(8-10-24)21-5-3-2-4-6-21/h2-18H,1H3,(H,30,33)(H,32,34). The molecule has 0 aliphatic carbocycles. The number of hydrogen-bond acceptors (Lipinski definition) is 3. The van der Waals surface area contributed by atoms with Crippen LogP contribution in [0.1, 0.15) is 33.2 Å². The minimum Gasteiger partial charge on any atom is -0.322 e. The van der Waals surface area contributed by atoms with Crippen LogP contribution >= 0.6 is 11.6 Å². The molecule has 0 aromatic heterocycles. The molecule has 34 heavy (non-hydrogen) atoms. The normalized spacial score (nSPS) is 11.1. The fraction of sp³-hybridized carbons (Fsp3) is 0.0357. The van der Waals surface area contributed by atoms with Gasteiger partial charge in [-0.15, -0.1) is 0 Å². The maximum absolute atomic E-state index is 12.5. The number of rotatable bonds is 6. The molecule has 4 aromatic carbocycles. The highest BCUT2D eigenvalue weighted by Gasteiger charge is 2.08. The number of halogens is 1. The van der Waals surface area contributed by atoms with Crippen LogP contribution in [-0.2, 0) is 0 Å². The van der Waals surface area contributed by atoms with Crippen molar-refractivity contribution in [2.75, 3.05) is 5.32 Å². The highest BCUT2D eigenvalue weighted by molar-refractivity contribution is 6.30. The lowest BCUT2D eigenvalue weighted by molar-refractivity contribution is 0.0954. The minimum atomic E-state index is -0.286. The molecule has 0 fully saturated rings. The van der Waals surface area contributed by atoms with Crippen LogP contribution in [-0.4, -0.2) is 17.5 Å². The van der Waals surface area contributed by atoms with E-state index in [0.717, 1.165) is 16.7 Å². The molecule has 0 aliphatic rings. The summed E-state index contributed by atoms with van der Waals surface area (Å²) in [6.07, 6.45) is 0. The zero-order chi connectivity index (χ0) is 23.9. The number of nitrogens with zero attached hydrogens (tertiary/aromatic N) is 1. The van der Waals surface area contributed by atoms with Crippen LogP contribution in [0.5, 0.6) is 0 Å². The summed E-state index contributed by atoms with van der Waals surface area (Å²) >= 11 is 5.86. The Kier molecular flexibility index (Phi) is 7.16. The summed E-state index contributed by atoms with van der Waals surface area (Å²) in [6.45, 7) is 1.81. The molecule has 0 spiro atoms. The summed E-state index contributed by atoms with van der Waals surface area (Å²) < 4.78 is 0. The Balaban J connectivity index is 1.36. The average Bonchev–Trinajstić information content (AvgIpc) is 2.88. The number of amides is 2. The highest BCUT2D eigenvalue weighted by Crippen LogP contribution is 2.19. The topological polar surface area (TPSA) is 70.6 Å². The molecule has 4 rings (SSSR count). The molecular formula is C28H22ClN3O2. The predicted octanol–water partition coefficient (Wildman–Crippen LogP) is 6.41. The van der Waals surface area contributed by atoms with Crippen LogP contribution in [0.25, 0.3) is 11.1 Å². The number of carbonyl (C=O) groups excluding carboxylic acids is 2. The SMILES string of the molecule is CC(=NNC(=O)c1ccc(-c2ccccc2)cc1)c1ccc(NC(=O)c2ccc(Cl)cc2)cc1. The van der Waals surface area contributed by atoms with Crippen molar-refractivity contribution in [1.29, 1.82) is 0 Å². The van der Waals surface area contributed by atoms with E-state index in [1.54, 1.807) is 55.5 Å². The van der Waals surface area contributed by atoms with E-state index in [4.69, 9.17) is 11.6 Å². The van der Waals surface area contributed by atoms with Gasteiger partial charge >= 0.3 is 0 Å². The van der Waals surface area contributed by atoms with Crippen LogP contribution in [0.2, 0.25) is 5.02 Å². The van der Waals surface area contributed by atoms with Crippen molar-refractivity contribution in [1.82, 2.24) is 5.43 Å². The molecule has 0 radical (unpaired) electrons. The second kappa shape index (κ2) is 10.6. The van der Waals surface area contributed by atoms with Crippen molar-refractivity contribution < 1.29 is 9.59 Å². The summed E-state index contributed by atoms with van der Waals surface area (Å²) in [7, 11) is 0. The molecule has 0 saturated carbocycles. The van der Waals surface area contributed by atoms with E-state index in [1.807, 2.05) is 54.6 Å². The van der Waals surface area contributed by atoms with Gasteiger partial charge in [0.15, 0.2) is 0 Å². The highest BCUT2D eigenvalue weighted by atomic mass is 35.5. The van der Waals surface area contributed by atoms with Gasteiger partial charge < -0.3 is 5.32 Å². The molecule has 168 valence electrons. The lowest BCUT2D eigenvalue weighted by Crippen LogP contribution is -2.19. The smallest absolute Gasteiger partial charge is 0.271 e. The van der Waals surface area contributed by atoms with Crippen molar-refractivity contribution in [3.63, 3.8) is 0 Å². The summed E-state index contributed by atoms with van der Waals surface area (Å²) in [5, 5.41) is 7.63. The number of hydrogen-bond donors (Lipinski definition) is 2. The van der Waals surface area contributed by atoms with Gasteiger partial charge in [0.2, 0.25) is 0 Å². The number of hydrazone groups is 1. The van der Waals surface area contributed by atoms with Crippen LogP contribution in [0.4, 0.5) is 5.69 Å². The molecule has 2 amide bonds. The van der Waals surface area contributed by atoms with E-state index in [1.165, 1.54) is 0 Å². The van der Waals surface area contributed by atoms with E-state index in [-0.39, 0.29) is 11.8 Å². The largest absolute Gasteiger partial charge is 0.322 e. The lowest BCUT2D eigenvalue weighted by Gasteiger charge is -2.07. The Labute approximate surface area is 203 Å². The van der Waals surface area contributed by atoms with Crippen molar-refractivity contribution in [2.45, 2.75) is 6.92 Å². The molecule has 4 aromatic rings. The van der Waals surface area contributed by atoms with Gasteiger partial charge in [0.05, 0.1) is 5.71 Å². The van der Waals surface area contributed by atoms with E-state index in [9.17, 15) is 9.59 Å². The van der Waals surface area contributed by atoms with Crippen LogP contribution in [0.15, 0.2) is 108 Å². The quantitative estimate of drug-likeness (QED) is 0.254. The van der Waals surface area contributed by atoms with Crippen molar-refractivity contribution in [3.05, 3.63) is 125 Å². The molecule has 0 aliphatic heterocycles. The Bertz CT molecular complexity index is 1320. The zero-order valence-corrected chi connectivity index (χ0v) is 19.2. The van der Waals surface area contributed by atoms with E-state index in [2.05, 4.69) is 15.8 Å². The van der Waals surface area contributed by atoms with Gasteiger partial charge in [0, 0.05) is 21.8 Å². The van der Waals surface area contributed by atoms with Gasteiger partial charge in [0.1, 0.15) is 0 Å². The van der Waals surface area contributed by atoms with Crippen molar-refractivity contribution >= 4 is 34.8 Å². The zero-order valence-electron chi connectivity index (χ0n) is 18.5. The monoisotopic (exact) mass is 467 g/mol. The number of benzene rings is 4. The Morgan fingerprint density at radius 2 is 1.18 bits per heavy atom. The molecule has 6 heteroatoms. The van der Waals surface area contributed by atoms with Crippen LogP contribution < -0.4 is 10.7 Å². The van der Waals surface area contributed by atoms with Crippen LogP contribution in [0, 0.1) is 0 Å². The first-order valence-electron chi connectivity index (χ1n) is 10.7. The van der Waals surface area contributed by atoms with Gasteiger partial charge in [0.25, 0.3) is 11.8 Å². The van der Waals surface area contributed by atoms with E-state index < -0.39 is 0 Å². The molecule has 2 N–H and O–H groups in total. The summed E-state index contributed by atoms with van der Waals surface area (Å²) in [6, 6.07) is 31.3. The molecule has 0 bridgehead atoms. The first kappa shape index (κ1) is 23.0.